The fourth-order valence-corrected chi connectivity index (χ4v) is 3.75. The largest absolute Gasteiger partial charge is 0.503 e. The molecule has 32 heavy (non-hydrogen) atoms. The lowest BCUT2D eigenvalue weighted by Crippen LogP contribution is -2.32. The Balaban J connectivity index is 2.20. The number of benzene rings is 2. The molecule has 0 saturated carbocycles. The van der Waals surface area contributed by atoms with Gasteiger partial charge in [0.1, 0.15) is 0 Å². The van der Waals surface area contributed by atoms with Gasteiger partial charge in [0.15, 0.2) is 23.0 Å². The number of aliphatic hydroxyl groups excluding tert-OH is 1. The molecule has 0 bridgehead atoms. The molecule has 1 aliphatic heterocycles. The number of hydrogen-bond acceptors (Lipinski definition) is 6. The van der Waals surface area contributed by atoms with Crippen LogP contribution in [0.25, 0.3) is 0 Å². The lowest BCUT2D eigenvalue weighted by atomic mass is 9.82. The number of amides is 1. The third-order valence-corrected chi connectivity index (χ3v) is 5.50. The highest BCUT2D eigenvalue weighted by atomic mass is 16.5. The van der Waals surface area contributed by atoms with Gasteiger partial charge in [-0.2, -0.15) is 0 Å². The Bertz CT molecular complexity index is 1060. The molecule has 0 radical (unpaired) electrons. The number of anilines is 2. The van der Waals surface area contributed by atoms with Crippen molar-refractivity contribution >= 4 is 23.1 Å². The molecule has 1 N–H and O–H groups in total. The quantitative estimate of drug-likeness (QED) is 0.725. The molecule has 7 heteroatoms. The van der Waals surface area contributed by atoms with Crippen molar-refractivity contribution in [1.82, 2.24) is 0 Å². The van der Waals surface area contributed by atoms with E-state index in [2.05, 4.69) is 0 Å². The van der Waals surface area contributed by atoms with Crippen molar-refractivity contribution in [2.45, 2.75) is 26.8 Å². The van der Waals surface area contributed by atoms with Crippen LogP contribution in [-0.4, -0.2) is 45.1 Å². The van der Waals surface area contributed by atoms with Crippen molar-refractivity contribution in [2.75, 3.05) is 38.1 Å². The van der Waals surface area contributed by atoms with Crippen molar-refractivity contribution in [3.63, 3.8) is 0 Å². The molecule has 0 aromatic heterocycles. The van der Waals surface area contributed by atoms with Gasteiger partial charge in [0.05, 0.1) is 25.8 Å². The molecule has 170 valence electrons. The average molecular weight is 439 g/mol. The Kier molecular flexibility index (Phi) is 6.21. The Morgan fingerprint density at radius 3 is 2.09 bits per heavy atom. The normalized spacial score (nSPS) is 16.4. The number of rotatable bonds is 6. The molecular weight excluding hydrogens is 408 g/mol. The molecule has 1 atom stereocenters. The van der Waals surface area contributed by atoms with E-state index in [1.165, 1.54) is 19.1 Å². The summed E-state index contributed by atoms with van der Waals surface area (Å²) >= 11 is 0. The molecule has 1 amide bonds. The summed E-state index contributed by atoms with van der Waals surface area (Å²) in [6, 6.07) is 11.9. The second-order valence-corrected chi connectivity index (χ2v) is 8.94. The van der Waals surface area contributed by atoms with Crippen molar-refractivity contribution in [1.29, 1.82) is 0 Å². The maximum atomic E-state index is 13.3. The topological polar surface area (TPSA) is 79.3 Å². The van der Waals surface area contributed by atoms with Crippen molar-refractivity contribution in [2.24, 2.45) is 5.41 Å². The smallest absolute Gasteiger partial charge is 0.294 e. The maximum absolute atomic E-state index is 13.3. The fourth-order valence-electron chi connectivity index (χ4n) is 3.75. The van der Waals surface area contributed by atoms with E-state index in [1.54, 1.807) is 39.0 Å². The summed E-state index contributed by atoms with van der Waals surface area (Å²) in [5.41, 5.74) is 1.49. The van der Waals surface area contributed by atoms with E-state index in [0.717, 1.165) is 11.3 Å². The van der Waals surface area contributed by atoms with Crippen LogP contribution in [0.3, 0.4) is 0 Å². The van der Waals surface area contributed by atoms with Gasteiger partial charge in [0.25, 0.3) is 5.91 Å². The zero-order chi connectivity index (χ0) is 23.8. The number of methoxy groups -OCH3 is 2. The predicted octanol–water partition coefficient (Wildman–Crippen LogP) is 4.29. The van der Waals surface area contributed by atoms with Crippen LogP contribution in [0.2, 0.25) is 0 Å². The Morgan fingerprint density at radius 1 is 1.00 bits per heavy atom. The molecular formula is C25H30N2O5. The monoisotopic (exact) mass is 438 g/mol. The maximum Gasteiger partial charge on any atom is 0.294 e. The first-order valence-corrected chi connectivity index (χ1v) is 10.3. The zero-order valence-electron chi connectivity index (χ0n) is 19.6. The van der Waals surface area contributed by atoms with E-state index in [0.29, 0.717) is 17.2 Å². The minimum atomic E-state index is -0.779. The number of carbonyl (C=O) groups excluding carboxylic acids is 2. The van der Waals surface area contributed by atoms with Gasteiger partial charge in [-0.3, -0.25) is 14.5 Å². The Labute approximate surface area is 188 Å². The Hall–Kier alpha value is -3.48. The van der Waals surface area contributed by atoms with E-state index in [9.17, 15) is 14.7 Å². The number of Topliss-reactive ketones (excluding diaryl/α,β-unsaturated/α-hetero) is 1. The van der Waals surface area contributed by atoms with Gasteiger partial charge in [-0.1, -0.05) is 32.9 Å². The number of nitrogens with zero attached hydrogens (tertiary/aromatic N) is 2. The lowest BCUT2D eigenvalue weighted by molar-refractivity contribution is -0.123. The Morgan fingerprint density at radius 2 is 1.59 bits per heavy atom. The molecule has 0 fully saturated rings. The number of ketones is 1. The summed E-state index contributed by atoms with van der Waals surface area (Å²) in [7, 11) is 6.91. The minimum absolute atomic E-state index is 0.0925. The van der Waals surface area contributed by atoms with Crippen molar-refractivity contribution in [3.8, 4) is 11.5 Å². The van der Waals surface area contributed by atoms with Gasteiger partial charge in [0, 0.05) is 37.0 Å². The second kappa shape index (κ2) is 8.57. The van der Waals surface area contributed by atoms with Gasteiger partial charge in [-0.15, -0.1) is 0 Å². The summed E-state index contributed by atoms with van der Waals surface area (Å²) in [6.07, 6.45) is 0. The summed E-state index contributed by atoms with van der Waals surface area (Å²) in [6.45, 7) is 5.31. The molecule has 7 nitrogen and oxygen atoms in total. The van der Waals surface area contributed by atoms with Crippen LogP contribution in [0.1, 0.15) is 32.4 Å². The van der Waals surface area contributed by atoms with E-state index < -0.39 is 23.1 Å². The third kappa shape index (κ3) is 4.02. The van der Waals surface area contributed by atoms with Gasteiger partial charge >= 0.3 is 0 Å². The van der Waals surface area contributed by atoms with Gasteiger partial charge in [-0.25, -0.2) is 0 Å². The fraction of sp³-hybridized carbons (Fsp3) is 0.360. The summed E-state index contributed by atoms with van der Waals surface area (Å²) in [4.78, 5) is 30.0. The molecule has 2 aromatic rings. The van der Waals surface area contributed by atoms with E-state index in [-0.39, 0.29) is 11.4 Å². The lowest BCUT2D eigenvalue weighted by Gasteiger charge is -2.29. The van der Waals surface area contributed by atoms with Crippen LogP contribution in [0, 0.1) is 5.41 Å². The molecule has 1 aliphatic rings. The second-order valence-electron chi connectivity index (χ2n) is 8.94. The van der Waals surface area contributed by atoms with Crippen molar-refractivity contribution < 1.29 is 24.2 Å². The molecule has 3 rings (SSSR count). The number of hydrogen-bond donors (Lipinski definition) is 1. The van der Waals surface area contributed by atoms with Crippen LogP contribution in [0.5, 0.6) is 11.5 Å². The molecule has 2 aromatic carbocycles. The van der Waals surface area contributed by atoms with E-state index >= 15 is 0 Å². The van der Waals surface area contributed by atoms with E-state index in [4.69, 9.17) is 9.47 Å². The average Bonchev–Trinajstić information content (AvgIpc) is 3.02. The van der Waals surface area contributed by atoms with Crippen LogP contribution >= 0.6 is 0 Å². The third-order valence-electron chi connectivity index (χ3n) is 5.50. The highest BCUT2D eigenvalue weighted by Crippen LogP contribution is 2.45. The first-order chi connectivity index (χ1) is 15.0. The first-order valence-electron chi connectivity index (χ1n) is 10.3. The first kappa shape index (κ1) is 23.2. The van der Waals surface area contributed by atoms with Crippen molar-refractivity contribution in [3.05, 3.63) is 59.4 Å². The SMILES string of the molecule is COc1ccc(N2C(=O)C(O)=C(C(=O)C(C)(C)C)C2c2ccc(N(C)C)cc2)cc1OC. The van der Waals surface area contributed by atoms with Crippen LogP contribution in [-0.2, 0) is 9.59 Å². The summed E-state index contributed by atoms with van der Waals surface area (Å²) in [5.74, 6) is -0.492. The highest BCUT2D eigenvalue weighted by Gasteiger charge is 2.46. The number of ether oxygens (including phenoxy) is 2. The molecule has 0 spiro atoms. The molecule has 1 heterocycles. The van der Waals surface area contributed by atoms with Gasteiger partial charge in [0.2, 0.25) is 0 Å². The molecule has 0 saturated heterocycles. The van der Waals surface area contributed by atoms with Crippen LogP contribution in [0.15, 0.2) is 53.8 Å². The van der Waals surface area contributed by atoms with Gasteiger partial charge < -0.3 is 19.5 Å². The number of carbonyl (C=O) groups is 2. The zero-order valence-corrected chi connectivity index (χ0v) is 19.6. The van der Waals surface area contributed by atoms with Crippen LogP contribution in [0.4, 0.5) is 11.4 Å². The highest BCUT2D eigenvalue weighted by molar-refractivity contribution is 6.17. The van der Waals surface area contributed by atoms with E-state index in [1.807, 2.05) is 43.3 Å². The number of aliphatic hydroxyl groups is 1. The summed E-state index contributed by atoms with van der Waals surface area (Å²) in [5, 5.41) is 10.8. The van der Waals surface area contributed by atoms with Gasteiger partial charge in [-0.05, 0) is 29.8 Å². The molecule has 1 unspecified atom stereocenters. The molecule has 0 aliphatic carbocycles. The summed E-state index contributed by atoms with van der Waals surface area (Å²) < 4.78 is 10.7. The van der Waals surface area contributed by atoms with Crippen LogP contribution < -0.4 is 19.3 Å². The standard InChI is InChI=1S/C25H30N2O5/c1-25(2,3)23(29)20-21(15-8-10-16(11-9-15)26(4)5)27(24(30)22(20)28)17-12-13-18(31-6)19(14-17)32-7/h8-14,21,28H,1-7H3. The predicted molar refractivity (Wildman–Crippen MR) is 125 cm³/mol. The minimum Gasteiger partial charge on any atom is -0.503 e.